The van der Waals surface area contributed by atoms with Crippen LogP contribution >= 0.6 is 12.2 Å². The van der Waals surface area contributed by atoms with Gasteiger partial charge in [0.2, 0.25) is 0 Å². The molecule has 0 aliphatic heterocycles. The number of hydrogen-bond donors (Lipinski definition) is 3. The highest BCUT2D eigenvalue weighted by atomic mass is 32.1. The third-order valence-corrected chi connectivity index (χ3v) is 5.24. The summed E-state index contributed by atoms with van der Waals surface area (Å²) in [4.78, 5) is 11.9. The van der Waals surface area contributed by atoms with Crippen LogP contribution in [0.25, 0.3) is 0 Å². The van der Waals surface area contributed by atoms with E-state index in [4.69, 9.17) is 17.0 Å². The smallest absolute Gasteiger partial charge is 0.276 e. The molecule has 6 heteroatoms. The number of thiocarbonyl (C=S) groups is 1. The lowest BCUT2D eigenvalue weighted by Crippen LogP contribution is -2.53. The Balaban J connectivity index is 1.69. The van der Waals surface area contributed by atoms with Gasteiger partial charge in [-0.05, 0) is 54.6 Å². The van der Waals surface area contributed by atoms with Crippen molar-refractivity contribution in [2.45, 2.75) is 52.5 Å². The molecule has 1 aliphatic rings. The van der Waals surface area contributed by atoms with Crippen molar-refractivity contribution in [1.82, 2.24) is 16.2 Å². The van der Waals surface area contributed by atoms with E-state index < -0.39 is 0 Å². The Morgan fingerprint density at radius 2 is 2.08 bits per heavy atom. The fraction of sp³-hybridized carbons (Fsp3) is 0.579. The summed E-state index contributed by atoms with van der Waals surface area (Å²) in [6, 6.07) is 8.10. The SMILES string of the molecule is CCc1cccc(OCC(=O)NNC(=S)N[C@H]2CCC[C@H](C)[C@@H]2C)c1. The molecule has 0 bridgehead atoms. The van der Waals surface area contributed by atoms with Crippen LogP contribution in [-0.4, -0.2) is 23.7 Å². The van der Waals surface area contributed by atoms with Crippen molar-refractivity contribution in [2.24, 2.45) is 11.8 Å². The molecule has 0 saturated heterocycles. The van der Waals surface area contributed by atoms with E-state index in [1.807, 2.05) is 24.3 Å². The lowest BCUT2D eigenvalue weighted by molar-refractivity contribution is -0.123. The molecule has 3 atom stereocenters. The summed E-state index contributed by atoms with van der Waals surface area (Å²) < 4.78 is 5.51. The van der Waals surface area contributed by atoms with Crippen LogP contribution in [0, 0.1) is 11.8 Å². The first-order valence-corrected chi connectivity index (χ1v) is 9.47. The van der Waals surface area contributed by atoms with E-state index in [-0.39, 0.29) is 12.5 Å². The molecule has 1 saturated carbocycles. The maximum absolute atomic E-state index is 11.9. The van der Waals surface area contributed by atoms with Crippen molar-refractivity contribution >= 4 is 23.2 Å². The van der Waals surface area contributed by atoms with Gasteiger partial charge in [-0.25, -0.2) is 0 Å². The predicted octanol–water partition coefficient (Wildman–Crippen LogP) is 2.95. The van der Waals surface area contributed by atoms with Crippen LogP contribution in [0.2, 0.25) is 0 Å². The molecule has 0 unspecified atom stereocenters. The van der Waals surface area contributed by atoms with Gasteiger partial charge < -0.3 is 10.1 Å². The first-order valence-electron chi connectivity index (χ1n) is 9.06. The van der Waals surface area contributed by atoms with Gasteiger partial charge in [0.1, 0.15) is 5.75 Å². The highest BCUT2D eigenvalue weighted by Gasteiger charge is 2.27. The predicted molar refractivity (Wildman–Crippen MR) is 104 cm³/mol. The van der Waals surface area contributed by atoms with Crippen molar-refractivity contribution < 1.29 is 9.53 Å². The van der Waals surface area contributed by atoms with Crippen LogP contribution in [0.15, 0.2) is 24.3 Å². The molecule has 0 spiro atoms. The zero-order valence-corrected chi connectivity index (χ0v) is 16.1. The molecule has 1 aromatic rings. The molecule has 0 radical (unpaired) electrons. The Kier molecular flexibility index (Phi) is 7.50. The maximum atomic E-state index is 11.9. The molecule has 138 valence electrons. The fourth-order valence-corrected chi connectivity index (χ4v) is 3.36. The van der Waals surface area contributed by atoms with Crippen LogP contribution in [0.5, 0.6) is 5.75 Å². The van der Waals surface area contributed by atoms with Crippen molar-refractivity contribution in [3.05, 3.63) is 29.8 Å². The standard InChI is InChI=1S/C19H29N3O2S/c1-4-15-8-6-9-16(11-15)24-12-18(23)21-22-19(25)20-17-10-5-7-13(2)14(17)3/h6,8-9,11,13-14,17H,4-5,7,10,12H2,1-3H3,(H,21,23)(H2,20,22,25)/t13-,14-,17-/m0/s1. The van der Waals surface area contributed by atoms with Gasteiger partial charge >= 0.3 is 0 Å². The molecule has 25 heavy (non-hydrogen) atoms. The Morgan fingerprint density at radius 3 is 2.84 bits per heavy atom. The Morgan fingerprint density at radius 1 is 1.28 bits per heavy atom. The number of ether oxygens (including phenoxy) is 1. The van der Waals surface area contributed by atoms with Gasteiger partial charge in [-0.2, -0.15) is 0 Å². The first-order chi connectivity index (χ1) is 12.0. The number of hydrogen-bond acceptors (Lipinski definition) is 3. The summed E-state index contributed by atoms with van der Waals surface area (Å²) in [6.45, 7) is 6.56. The minimum atomic E-state index is -0.267. The van der Waals surface area contributed by atoms with E-state index in [0.29, 0.717) is 28.7 Å². The summed E-state index contributed by atoms with van der Waals surface area (Å²) in [5.41, 5.74) is 6.52. The van der Waals surface area contributed by atoms with Crippen molar-refractivity contribution in [3.63, 3.8) is 0 Å². The number of rotatable bonds is 5. The van der Waals surface area contributed by atoms with Gasteiger partial charge in [0.15, 0.2) is 11.7 Å². The molecule has 1 aliphatic carbocycles. The number of hydrazine groups is 1. The average Bonchev–Trinajstić information content (AvgIpc) is 2.62. The molecule has 5 nitrogen and oxygen atoms in total. The molecule has 0 aromatic heterocycles. The van der Waals surface area contributed by atoms with E-state index in [2.05, 4.69) is 36.9 Å². The van der Waals surface area contributed by atoms with E-state index in [1.54, 1.807) is 0 Å². The molecule has 1 aromatic carbocycles. The highest BCUT2D eigenvalue weighted by molar-refractivity contribution is 7.80. The number of amides is 1. The minimum absolute atomic E-state index is 0.0559. The van der Waals surface area contributed by atoms with Crippen LogP contribution in [0.3, 0.4) is 0 Å². The monoisotopic (exact) mass is 363 g/mol. The third-order valence-electron chi connectivity index (χ3n) is 5.02. The van der Waals surface area contributed by atoms with Gasteiger partial charge in [0.25, 0.3) is 5.91 Å². The van der Waals surface area contributed by atoms with Crippen LogP contribution in [-0.2, 0) is 11.2 Å². The summed E-state index contributed by atoms with van der Waals surface area (Å²) in [5.74, 6) is 1.69. The van der Waals surface area contributed by atoms with Crippen LogP contribution in [0.4, 0.5) is 0 Å². The summed E-state index contributed by atoms with van der Waals surface area (Å²) in [5, 5.41) is 3.76. The average molecular weight is 364 g/mol. The van der Waals surface area contributed by atoms with Crippen LogP contribution in [0.1, 0.15) is 45.6 Å². The second kappa shape index (κ2) is 9.61. The number of carbonyl (C=O) groups excluding carboxylic acids is 1. The molecule has 3 N–H and O–H groups in total. The normalized spacial score (nSPS) is 22.8. The van der Waals surface area contributed by atoms with Crippen molar-refractivity contribution in [3.8, 4) is 5.75 Å². The zero-order chi connectivity index (χ0) is 18.2. The second-order valence-corrected chi connectivity index (χ2v) is 7.22. The Hall–Kier alpha value is -1.82. The van der Waals surface area contributed by atoms with Gasteiger partial charge in [0, 0.05) is 6.04 Å². The first kappa shape index (κ1) is 19.5. The molecule has 2 rings (SSSR count). The molecule has 1 amide bonds. The van der Waals surface area contributed by atoms with Gasteiger partial charge in [-0.3, -0.25) is 15.6 Å². The van der Waals surface area contributed by atoms with E-state index in [9.17, 15) is 4.79 Å². The van der Waals surface area contributed by atoms with Crippen LogP contribution < -0.4 is 20.9 Å². The van der Waals surface area contributed by atoms with Crippen molar-refractivity contribution in [2.75, 3.05) is 6.61 Å². The zero-order valence-electron chi connectivity index (χ0n) is 15.3. The molecule has 1 fully saturated rings. The summed E-state index contributed by atoms with van der Waals surface area (Å²) in [7, 11) is 0. The number of benzene rings is 1. The largest absolute Gasteiger partial charge is 0.484 e. The minimum Gasteiger partial charge on any atom is -0.484 e. The highest BCUT2D eigenvalue weighted by Crippen LogP contribution is 2.29. The maximum Gasteiger partial charge on any atom is 0.276 e. The number of aryl methyl sites for hydroxylation is 1. The van der Waals surface area contributed by atoms with Gasteiger partial charge in [-0.15, -0.1) is 0 Å². The van der Waals surface area contributed by atoms with E-state index in [1.165, 1.54) is 18.4 Å². The third kappa shape index (κ3) is 6.20. The van der Waals surface area contributed by atoms with Gasteiger partial charge in [-0.1, -0.05) is 45.7 Å². The Labute approximate surface area is 155 Å². The Bertz CT molecular complexity index is 594. The van der Waals surface area contributed by atoms with E-state index in [0.717, 1.165) is 12.8 Å². The molecular weight excluding hydrogens is 334 g/mol. The molecule has 0 heterocycles. The lowest BCUT2D eigenvalue weighted by atomic mass is 9.78. The topological polar surface area (TPSA) is 62.4 Å². The quantitative estimate of drug-likeness (QED) is 0.555. The summed E-state index contributed by atoms with van der Waals surface area (Å²) >= 11 is 5.28. The number of carbonyl (C=O) groups is 1. The molecular formula is C19H29N3O2S. The lowest BCUT2D eigenvalue weighted by Gasteiger charge is -2.35. The van der Waals surface area contributed by atoms with E-state index >= 15 is 0 Å². The van der Waals surface area contributed by atoms with Crippen molar-refractivity contribution in [1.29, 1.82) is 0 Å². The van der Waals surface area contributed by atoms with Gasteiger partial charge in [0.05, 0.1) is 0 Å². The fourth-order valence-electron chi connectivity index (χ4n) is 3.16. The summed E-state index contributed by atoms with van der Waals surface area (Å²) in [6.07, 6.45) is 4.52. The number of nitrogens with one attached hydrogen (secondary N) is 3. The second-order valence-electron chi connectivity index (χ2n) is 6.81.